The van der Waals surface area contributed by atoms with Crippen LogP contribution in [0.5, 0.6) is 0 Å². The van der Waals surface area contributed by atoms with Gasteiger partial charge in [0.25, 0.3) is 0 Å². The zero-order chi connectivity index (χ0) is 6.10. The van der Waals surface area contributed by atoms with E-state index in [1.807, 2.05) is 12.4 Å². The molecule has 0 aromatic rings. The first-order chi connectivity index (χ1) is 4.47. The topological polar surface area (TPSA) is 36.8 Å². The van der Waals surface area contributed by atoms with E-state index in [-0.39, 0.29) is 0 Å². The van der Waals surface area contributed by atoms with E-state index >= 15 is 0 Å². The Bertz CT molecular complexity index is 212. The molecule has 46 valence electrons. The van der Waals surface area contributed by atoms with Crippen molar-refractivity contribution in [2.45, 2.75) is 0 Å². The van der Waals surface area contributed by atoms with Crippen LogP contribution in [0.1, 0.15) is 0 Å². The van der Waals surface area contributed by atoms with Crippen LogP contribution in [0.15, 0.2) is 21.4 Å². The summed E-state index contributed by atoms with van der Waals surface area (Å²) in [7, 11) is 0. The number of hydrogen-bond acceptors (Lipinski definition) is 3. The largest absolute Gasteiger partial charge is 0.377 e. The molecule has 0 radical (unpaired) electrons. The van der Waals surface area contributed by atoms with Crippen molar-refractivity contribution in [3.8, 4) is 0 Å². The van der Waals surface area contributed by atoms with E-state index in [0.29, 0.717) is 0 Å². The molecular formula is C6H7N3. The van der Waals surface area contributed by atoms with Crippen molar-refractivity contribution in [2.75, 3.05) is 13.1 Å². The standard InChI is InChI=1S/C6H7N3/c1-2-9-6-4-7-3-5(6)8-1/h1,4,9H,2-3H2. The Hall–Kier alpha value is -1.12. The Morgan fingerprint density at radius 1 is 1.56 bits per heavy atom. The van der Waals surface area contributed by atoms with Gasteiger partial charge in [-0.05, 0) is 0 Å². The Morgan fingerprint density at radius 3 is 3.44 bits per heavy atom. The normalized spacial score (nSPS) is 22.2. The summed E-state index contributed by atoms with van der Waals surface area (Å²) < 4.78 is 0. The van der Waals surface area contributed by atoms with Crippen LogP contribution in [-0.2, 0) is 0 Å². The second-order valence-corrected chi connectivity index (χ2v) is 2.02. The van der Waals surface area contributed by atoms with Gasteiger partial charge >= 0.3 is 0 Å². The van der Waals surface area contributed by atoms with Crippen LogP contribution in [-0.4, -0.2) is 25.5 Å². The molecule has 0 amide bonds. The molecule has 9 heavy (non-hydrogen) atoms. The summed E-state index contributed by atoms with van der Waals surface area (Å²) in [6.07, 6.45) is 3.71. The molecule has 3 nitrogen and oxygen atoms in total. The summed E-state index contributed by atoms with van der Waals surface area (Å²) in [5.74, 6) is 0. The molecule has 2 heterocycles. The van der Waals surface area contributed by atoms with Crippen molar-refractivity contribution in [2.24, 2.45) is 9.98 Å². The van der Waals surface area contributed by atoms with E-state index in [1.54, 1.807) is 0 Å². The van der Waals surface area contributed by atoms with Crippen molar-refractivity contribution < 1.29 is 0 Å². The molecule has 0 atom stereocenters. The van der Waals surface area contributed by atoms with E-state index in [1.165, 1.54) is 0 Å². The van der Waals surface area contributed by atoms with Crippen LogP contribution < -0.4 is 5.32 Å². The Kier molecular flexibility index (Phi) is 0.886. The molecule has 0 bridgehead atoms. The van der Waals surface area contributed by atoms with Crippen molar-refractivity contribution in [1.29, 1.82) is 0 Å². The monoisotopic (exact) mass is 121 g/mol. The SMILES string of the molecule is C1=NCC2=C1NCC=N2. The van der Waals surface area contributed by atoms with Gasteiger partial charge in [-0.25, -0.2) is 0 Å². The van der Waals surface area contributed by atoms with Gasteiger partial charge in [0.2, 0.25) is 0 Å². The van der Waals surface area contributed by atoms with E-state index < -0.39 is 0 Å². The van der Waals surface area contributed by atoms with E-state index in [0.717, 1.165) is 24.5 Å². The number of allylic oxidation sites excluding steroid dienone is 1. The summed E-state index contributed by atoms with van der Waals surface area (Å²) in [4.78, 5) is 8.21. The lowest BCUT2D eigenvalue weighted by Gasteiger charge is -2.06. The van der Waals surface area contributed by atoms with Crippen molar-refractivity contribution in [3.63, 3.8) is 0 Å². The fourth-order valence-electron chi connectivity index (χ4n) is 0.953. The predicted molar refractivity (Wildman–Crippen MR) is 36.9 cm³/mol. The van der Waals surface area contributed by atoms with Crippen molar-refractivity contribution in [1.82, 2.24) is 5.32 Å². The fourth-order valence-corrected chi connectivity index (χ4v) is 0.953. The zero-order valence-electron chi connectivity index (χ0n) is 4.96. The average molecular weight is 121 g/mol. The number of nitrogens with one attached hydrogen (secondary N) is 1. The molecule has 0 aromatic heterocycles. The molecule has 0 spiro atoms. The van der Waals surface area contributed by atoms with Gasteiger partial charge in [0, 0.05) is 12.4 Å². The van der Waals surface area contributed by atoms with Crippen LogP contribution >= 0.6 is 0 Å². The molecule has 0 aromatic carbocycles. The van der Waals surface area contributed by atoms with Gasteiger partial charge in [0.15, 0.2) is 0 Å². The summed E-state index contributed by atoms with van der Waals surface area (Å²) in [5.41, 5.74) is 2.17. The lowest BCUT2D eigenvalue weighted by molar-refractivity contribution is 0.939. The van der Waals surface area contributed by atoms with E-state index in [2.05, 4.69) is 15.3 Å². The maximum Gasteiger partial charge on any atom is 0.0861 e. The minimum atomic E-state index is 0.749. The summed E-state index contributed by atoms with van der Waals surface area (Å²) in [5, 5.41) is 3.16. The minimum Gasteiger partial charge on any atom is -0.377 e. The highest BCUT2D eigenvalue weighted by molar-refractivity contribution is 5.84. The molecule has 3 heteroatoms. The third-order valence-corrected chi connectivity index (χ3v) is 1.40. The third-order valence-electron chi connectivity index (χ3n) is 1.40. The Morgan fingerprint density at radius 2 is 2.56 bits per heavy atom. The number of nitrogens with zero attached hydrogens (tertiary/aromatic N) is 2. The summed E-state index contributed by atoms with van der Waals surface area (Å²) in [6.45, 7) is 1.59. The van der Waals surface area contributed by atoms with E-state index in [9.17, 15) is 0 Å². The molecular weight excluding hydrogens is 114 g/mol. The highest BCUT2D eigenvalue weighted by atomic mass is 15.0. The van der Waals surface area contributed by atoms with Gasteiger partial charge in [-0.3, -0.25) is 9.98 Å². The lowest BCUT2D eigenvalue weighted by Crippen LogP contribution is -2.20. The Balaban J connectivity index is 2.35. The number of hydrogen-bond donors (Lipinski definition) is 1. The highest BCUT2D eigenvalue weighted by Crippen LogP contribution is 2.09. The first-order valence-corrected chi connectivity index (χ1v) is 2.96. The molecule has 0 aliphatic carbocycles. The smallest absolute Gasteiger partial charge is 0.0861 e. The first-order valence-electron chi connectivity index (χ1n) is 2.96. The minimum absolute atomic E-state index is 0.749. The molecule has 1 N–H and O–H groups in total. The predicted octanol–water partition coefficient (Wildman–Crippen LogP) is -0.0436. The third kappa shape index (κ3) is 0.650. The molecule has 0 unspecified atom stereocenters. The fraction of sp³-hybridized carbons (Fsp3) is 0.333. The average Bonchev–Trinajstić information content (AvgIpc) is 2.33. The van der Waals surface area contributed by atoms with Crippen LogP contribution in [0.2, 0.25) is 0 Å². The zero-order valence-corrected chi connectivity index (χ0v) is 4.96. The lowest BCUT2D eigenvalue weighted by atomic mass is 10.3. The Labute approximate surface area is 53.2 Å². The molecule has 0 fully saturated rings. The van der Waals surface area contributed by atoms with Crippen LogP contribution in [0, 0.1) is 0 Å². The number of rotatable bonds is 0. The van der Waals surface area contributed by atoms with E-state index in [4.69, 9.17) is 0 Å². The summed E-state index contributed by atoms with van der Waals surface area (Å²) >= 11 is 0. The highest BCUT2D eigenvalue weighted by Gasteiger charge is 2.09. The summed E-state index contributed by atoms with van der Waals surface area (Å²) in [6, 6.07) is 0. The second-order valence-electron chi connectivity index (χ2n) is 2.02. The molecule has 2 rings (SSSR count). The maximum absolute atomic E-state index is 4.16. The van der Waals surface area contributed by atoms with Gasteiger partial charge in [-0.2, -0.15) is 0 Å². The van der Waals surface area contributed by atoms with Gasteiger partial charge < -0.3 is 5.32 Å². The van der Waals surface area contributed by atoms with Crippen LogP contribution in [0.4, 0.5) is 0 Å². The van der Waals surface area contributed by atoms with Crippen molar-refractivity contribution >= 4 is 12.4 Å². The molecule has 0 saturated heterocycles. The second kappa shape index (κ2) is 1.69. The molecule has 0 saturated carbocycles. The number of aliphatic imine (C=N–C) groups is 2. The van der Waals surface area contributed by atoms with Gasteiger partial charge in [-0.15, -0.1) is 0 Å². The maximum atomic E-state index is 4.16. The first kappa shape index (κ1) is 4.73. The quantitative estimate of drug-likeness (QED) is 0.479. The van der Waals surface area contributed by atoms with Gasteiger partial charge in [0.05, 0.1) is 24.5 Å². The van der Waals surface area contributed by atoms with Crippen LogP contribution in [0.3, 0.4) is 0 Å². The van der Waals surface area contributed by atoms with Gasteiger partial charge in [0.1, 0.15) is 0 Å². The molecule has 2 aliphatic rings. The van der Waals surface area contributed by atoms with Crippen molar-refractivity contribution in [3.05, 3.63) is 11.4 Å². The molecule has 2 aliphatic heterocycles. The van der Waals surface area contributed by atoms with Crippen LogP contribution in [0.25, 0.3) is 0 Å². The van der Waals surface area contributed by atoms with Gasteiger partial charge in [-0.1, -0.05) is 0 Å².